The highest BCUT2D eigenvalue weighted by Gasteiger charge is 2.35. The Morgan fingerprint density at radius 1 is 1.45 bits per heavy atom. The maximum Gasteiger partial charge on any atom is 0.414 e. The molecule has 0 radical (unpaired) electrons. The summed E-state index contributed by atoms with van der Waals surface area (Å²) in [4.78, 5) is 23.5. The fourth-order valence-corrected chi connectivity index (χ4v) is 2.64. The lowest BCUT2D eigenvalue weighted by atomic mass is 9.80. The van der Waals surface area contributed by atoms with Crippen LogP contribution in [-0.4, -0.2) is 41.4 Å². The first-order valence-electron chi connectivity index (χ1n) is 7.17. The number of aliphatic hydroxyl groups is 1. The number of non-ortho nitro benzene ring substituents is 1. The summed E-state index contributed by atoms with van der Waals surface area (Å²) < 4.78 is 4.89. The van der Waals surface area contributed by atoms with Crippen LogP contribution in [0.15, 0.2) is 18.2 Å². The Morgan fingerprint density at radius 2 is 2.23 bits per heavy atom. The second-order valence-corrected chi connectivity index (χ2v) is 5.66. The molecule has 22 heavy (non-hydrogen) atoms. The summed E-state index contributed by atoms with van der Waals surface area (Å²) in [6.45, 7) is 0.949. The summed E-state index contributed by atoms with van der Waals surface area (Å²) in [7, 11) is 0. The molecule has 1 heterocycles. The largest absolute Gasteiger partial charge is 0.447 e. The third kappa shape index (κ3) is 2.69. The topological polar surface area (TPSA) is 105 Å². The van der Waals surface area contributed by atoms with Crippen molar-refractivity contribution >= 4 is 23.2 Å². The fourth-order valence-electron chi connectivity index (χ4n) is 2.64. The monoisotopic (exact) mass is 307 g/mol. The third-order valence-electron chi connectivity index (χ3n) is 4.14. The number of nitrogens with zero attached hydrogens (tertiary/aromatic N) is 2. The van der Waals surface area contributed by atoms with Crippen molar-refractivity contribution in [3.8, 4) is 0 Å². The second kappa shape index (κ2) is 5.45. The van der Waals surface area contributed by atoms with Crippen molar-refractivity contribution in [3.63, 3.8) is 0 Å². The minimum atomic E-state index is -0.732. The van der Waals surface area contributed by atoms with Crippen molar-refractivity contribution in [2.24, 2.45) is 0 Å². The molecule has 1 saturated heterocycles. The normalized spacial score (nSPS) is 19.5. The number of anilines is 2. The van der Waals surface area contributed by atoms with E-state index in [-0.39, 0.29) is 12.3 Å². The van der Waals surface area contributed by atoms with E-state index < -0.39 is 16.6 Å². The molecular weight excluding hydrogens is 290 g/mol. The number of hydrogen-bond acceptors (Lipinski definition) is 6. The molecule has 1 aromatic rings. The van der Waals surface area contributed by atoms with E-state index in [0.717, 1.165) is 19.3 Å². The molecule has 1 aromatic carbocycles. The number of ether oxygens (including phenoxy) is 1. The van der Waals surface area contributed by atoms with Gasteiger partial charge in [0.25, 0.3) is 5.69 Å². The van der Waals surface area contributed by atoms with E-state index in [4.69, 9.17) is 4.74 Å². The first kappa shape index (κ1) is 14.6. The molecule has 0 spiro atoms. The Morgan fingerprint density at radius 3 is 2.77 bits per heavy atom. The van der Waals surface area contributed by atoms with Crippen molar-refractivity contribution in [3.05, 3.63) is 28.3 Å². The predicted octanol–water partition coefficient (Wildman–Crippen LogP) is 1.88. The van der Waals surface area contributed by atoms with E-state index in [2.05, 4.69) is 5.32 Å². The highest BCUT2D eigenvalue weighted by atomic mass is 16.6. The summed E-state index contributed by atoms with van der Waals surface area (Å²) in [5.74, 6) is 0. The van der Waals surface area contributed by atoms with Gasteiger partial charge in [0.2, 0.25) is 0 Å². The van der Waals surface area contributed by atoms with Crippen LogP contribution in [0.25, 0.3) is 0 Å². The van der Waals surface area contributed by atoms with E-state index in [0.29, 0.717) is 24.5 Å². The van der Waals surface area contributed by atoms with Crippen molar-refractivity contribution in [1.29, 1.82) is 0 Å². The molecule has 8 heteroatoms. The molecule has 1 amide bonds. The van der Waals surface area contributed by atoms with Gasteiger partial charge in [-0.05, 0) is 25.3 Å². The molecule has 3 rings (SSSR count). The number of benzene rings is 1. The number of amides is 1. The molecule has 118 valence electrons. The maximum atomic E-state index is 11.7. The van der Waals surface area contributed by atoms with E-state index >= 15 is 0 Å². The zero-order valence-corrected chi connectivity index (χ0v) is 11.9. The van der Waals surface area contributed by atoms with Crippen LogP contribution in [0.5, 0.6) is 0 Å². The number of rotatable bonds is 5. The number of carbonyl (C=O) groups excluding carboxylic acids is 1. The molecule has 2 fully saturated rings. The number of nitrogens with one attached hydrogen (secondary N) is 1. The van der Waals surface area contributed by atoms with Crippen LogP contribution in [-0.2, 0) is 4.74 Å². The van der Waals surface area contributed by atoms with E-state index in [1.165, 1.54) is 17.0 Å². The van der Waals surface area contributed by atoms with Crippen LogP contribution >= 0.6 is 0 Å². The first-order valence-corrected chi connectivity index (χ1v) is 7.17. The number of carbonyl (C=O) groups is 1. The van der Waals surface area contributed by atoms with E-state index in [1.54, 1.807) is 6.07 Å². The highest BCUT2D eigenvalue weighted by molar-refractivity contribution is 5.94. The lowest BCUT2D eigenvalue weighted by Gasteiger charge is -2.37. The predicted molar refractivity (Wildman–Crippen MR) is 79.1 cm³/mol. The summed E-state index contributed by atoms with van der Waals surface area (Å²) in [5, 5.41) is 24.2. The SMILES string of the molecule is O=C1OCCN1c1cc([N+](=O)[O-])ccc1NCC1(O)CCC1. The Balaban J connectivity index is 1.86. The second-order valence-electron chi connectivity index (χ2n) is 5.66. The van der Waals surface area contributed by atoms with Gasteiger partial charge in [-0.25, -0.2) is 4.79 Å². The van der Waals surface area contributed by atoms with Gasteiger partial charge in [-0.1, -0.05) is 0 Å². The quantitative estimate of drug-likeness (QED) is 0.635. The molecule has 2 N–H and O–H groups in total. The summed E-state index contributed by atoms with van der Waals surface area (Å²) in [6, 6.07) is 4.28. The summed E-state index contributed by atoms with van der Waals surface area (Å²) >= 11 is 0. The number of nitro benzene ring substituents is 1. The van der Waals surface area contributed by atoms with Gasteiger partial charge in [0.05, 0.1) is 28.4 Å². The zero-order chi connectivity index (χ0) is 15.7. The van der Waals surface area contributed by atoms with E-state index in [9.17, 15) is 20.0 Å². The molecule has 2 aliphatic rings. The van der Waals surface area contributed by atoms with Gasteiger partial charge < -0.3 is 15.2 Å². The smallest absolute Gasteiger partial charge is 0.414 e. The van der Waals surface area contributed by atoms with Crippen LogP contribution in [0.4, 0.5) is 21.9 Å². The molecular formula is C14H17N3O5. The van der Waals surface area contributed by atoms with Crippen molar-refractivity contribution < 1.29 is 19.6 Å². The van der Waals surface area contributed by atoms with Gasteiger partial charge in [-0.15, -0.1) is 0 Å². The van der Waals surface area contributed by atoms with Gasteiger partial charge in [0.15, 0.2) is 0 Å². The molecule has 1 aliphatic heterocycles. The van der Waals surface area contributed by atoms with Crippen LogP contribution in [0.1, 0.15) is 19.3 Å². The zero-order valence-electron chi connectivity index (χ0n) is 11.9. The maximum absolute atomic E-state index is 11.7. The molecule has 1 saturated carbocycles. The van der Waals surface area contributed by atoms with Crippen LogP contribution in [0.3, 0.4) is 0 Å². The molecule has 1 aliphatic carbocycles. The van der Waals surface area contributed by atoms with E-state index in [1.807, 2.05) is 0 Å². The van der Waals surface area contributed by atoms with Gasteiger partial charge in [-0.3, -0.25) is 15.0 Å². The van der Waals surface area contributed by atoms with Gasteiger partial charge in [0.1, 0.15) is 6.61 Å². The average molecular weight is 307 g/mol. The van der Waals surface area contributed by atoms with Crippen molar-refractivity contribution in [2.75, 3.05) is 29.9 Å². The Hall–Kier alpha value is -2.35. The number of hydrogen-bond donors (Lipinski definition) is 2. The summed E-state index contributed by atoms with van der Waals surface area (Å²) in [5.41, 5.74) is 0.150. The fraction of sp³-hybridized carbons (Fsp3) is 0.500. The van der Waals surface area contributed by atoms with Crippen molar-refractivity contribution in [1.82, 2.24) is 0 Å². The Labute approximate surface area is 126 Å². The van der Waals surface area contributed by atoms with Gasteiger partial charge in [-0.2, -0.15) is 0 Å². The highest BCUT2D eigenvalue weighted by Crippen LogP contribution is 2.35. The number of cyclic esters (lactones) is 1. The van der Waals surface area contributed by atoms with Crippen molar-refractivity contribution in [2.45, 2.75) is 24.9 Å². The Bertz CT molecular complexity index is 614. The Kier molecular flexibility index (Phi) is 3.61. The summed E-state index contributed by atoms with van der Waals surface area (Å²) in [6.07, 6.45) is 1.93. The van der Waals surface area contributed by atoms with Crippen LogP contribution in [0.2, 0.25) is 0 Å². The third-order valence-corrected chi connectivity index (χ3v) is 4.14. The molecule has 8 nitrogen and oxygen atoms in total. The number of nitro groups is 1. The average Bonchev–Trinajstić information content (AvgIpc) is 2.89. The first-order chi connectivity index (χ1) is 10.5. The molecule has 0 aromatic heterocycles. The molecule has 0 unspecified atom stereocenters. The molecule has 0 atom stereocenters. The lowest BCUT2D eigenvalue weighted by Crippen LogP contribution is -2.43. The molecule has 0 bridgehead atoms. The van der Waals surface area contributed by atoms with Gasteiger partial charge in [0, 0.05) is 18.7 Å². The van der Waals surface area contributed by atoms with Gasteiger partial charge >= 0.3 is 6.09 Å². The minimum absolute atomic E-state index is 0.0948. The lowest BCUT2D eigenvalue weighted by molar-refractivity contribution is -0.384. The minimum Gasteiger partial charge on any atom is -0.447 e. The van der Waals surface area contributed by atoms with Crippen LogP contribution in [0, 0.1) is 10.1 Å². The van der Waals surface area contributed by atoms with Crippen LogP contribution < -0.4 is 10.2 Å². The standard InChI is InChI=1S/C14H17N3O5/c18-13-16(6-7-22-13)12-8-10(17(20)21)2-3-11(12)15-9-14(19)4-1-5-14/h2-3,8,15,19H,1,4-7,9H2.